The summed E-state index contributed by atoms with van der Waals surface area (Å²) in [6.45, 7) is -0.208. The molecular formula is C19H19N3O3S. The summed E-state index contributed by atoms with van der Waals surface area (Å²) in [6, 6.07) is 9.52. The quantitative estimate of drug-likeness (QED) is 0.624. The molecule has 134 valence electrons. The van der Waals surface area contributed by atoms with Crippen molar-refractivity contribution < 1.29 is 14.4 Å². The number of rotatable bonds is 6. The molecule has 0 fully saturated rings. The summed E-state index contributed by atoms with van der Waals surface area (Å²) in [5.41, 5.74) is 2.53. The molecule has 6 nitrogen and oxygen atoms in total. The van der Waals surface area contributed by atoms with Crippen molar-refractivity contribution >= 4 is 28.5 Å². The molecule has 0 bridgehead atoms. The van der Waals surface area contributed by atoms with Gasteiger partial charge >= 0.3 is 0 Å². The highest BCUT2D eigenvalue weighted by molar-refractivity contribution is 7.16. The average Bonchev–Trinajstić information content (AvgIpc) is 3.02. The predicted molar refractivity (Wildman–Crippen MR) is 101 cm³/mol. The number of carbonyl (C=O) groups is 1. The lowest BCUT2D eigenvalue weighted by Crippen LogP contribution is -2.17. The van der Waals surface area contributed by atoms with Crippen LogP contribution in [0.5, 0.6) is 5.75 Å². The molecule has 0 saturated heterocycles. The molecule has 0 atom stereocenters. The van der Waals surface area contributed by atoms with E-state index in [0.29, 0.717) is 10.6 Å². The van der Waals surface area contributed by atoms with Gasteiger partial charge in [-0.1, -0.05) is 5.16 Å². The molecule has 0 spiro atoms. The van der Waals surface area contributed by atoms with E-state index in [1.807, 2.05) is 24.3 Å². The highest BCUT2D eigenvalue weighted by Gasteiger charge is 2.21. The van der Waals surface area contributed by atoms with Gasteiger partial charge in [0, 0.05) is 4.88 Å². The number of carbonyl (C=O) groups excluding carboxylic acids is 1. The van der Waals surface area contributed by atoms with E-state index in [0.717, 1.165) is 42.6 Å². The number of methoxy groups -OCH3 is 1. The Morgan fingerprint density at radius 3 is 2.85 bits per heavy atom. The summed E-state index contributed by atoms with van der Waals surface area (Å²) < 4.78 is 5.08. The maximum Gasteiger partial charge on any atom is 0.265 e. The third kappa shape index (κ3) is 4.21. The number of oxime groups is 1. The SMILES string of the molecule is COc1ccc(C=NOCC(=O)Nc2sc3c(c2C#N)CCCC3)cc1. The highest BCUT2D eigenvalue weighted by atomic mass is 32.1. The van der Waals surface area contributed by atoms with Crippen LogP contribution >= 0.6 is 11.3 Å². The Labute approximate surface area is 156 Å². The zero-order valence-corrected chi connectivity index (χ0v) is 15.3. The molecule has 1 heterocycles. The lowest BCUT2D eigenvalue weighted by molar-refractivity contribution is -0.120. The molecule has 0 unspecified atom stereocenters. The third-order valence-electron chi connectivity index (χ3n) is 4.12. The molecule has 1 aliphatic rings. The third-order valence-corrected chi connectivity index (χ3v) is 5.33. The van der Waals surface area contributed by atoms with Crippen LogP contribution in [0.4, 0.5) is 5.00 Å². The fourth-order valence-electron chi connectivity index (χ4n) is 2.82. The Morgan fingerprint density at radius 2 is 2.12 bits per heavy atom. The molecule has 1 aromatic carbocycles. The van der Waals surface area contributed by atoms with E-state index in [1.165, 1.54) is 22.4 Å². The molecule has 3 rings (SSSR count). The van der Waals surface area contributed by atoms with Crippen molar-refractivity contribution in [2.75, 3.05) is 19.0 Å². The molecule has 1 amide bonds. The second kappa shape index (κ2) is 8.50. The summed E-state index contributed by atoms with van der Waals surface area (Å²) in [4.78, 5) is 18.3. The molecule has 7 heteroatoms. The van der Waals surface area contributed by atoms with Crippen LogP contribution in [0.2, 0.25) is 0 Å². The van der Waals surface area contributed by atoms with E-state index in [4.69, 9.17) is 9.57 Å². The Morgan fingerprint density at radius 1 is 1.35 bits per heavy atom. The Hall–Kier alpha value is -2.85. The minimum absolute atomic E-state index is 0.208. The number of thiophene rings is 1. The van der Waals surface area contributed by atoms with Gasteiger partial charge in [-0.3, -0.25) is 4.79 Å². The van der Waals surface area contributed by atoms with Crippen LogP contribution in [0.15, 0.2) is 29.4 Å². The van der Waals surface area contributed by atoms with E-state index < -0.39 is 0 Å². The average molecular weight is 369 g/mol. The normalized spacial score (nSPS) is 13.1. The number of hydrogen-bond donors (Lipinski definition) is 1. The first kappa shape index (κ1) is 18.0. The van der Waals surface area contributed by atoms with Crippen LogP contribution in [-0.4, -0.2) is 25.8 Å². The van der Waals surface area contributed by atoms with Gasteiger partial charge in [0.05, 0.1) is 18.9 Å². The first-order valence-electron chi connectivity index (χ1n) is 8.35. The molecule has 0 radical (unpaired) electrons. The number of aryl methyl sites for hydroxylation is 1. The second-order valence-corrected chi connectivity index (χ2v) is 6.96. The van der Waals surface area contributed by atoms with Crippen LogP contribution in [0.1, 0.15) is 34.4 Å². The van der Waals surface area contributed by atoms with Gasteiger partial charge in [0.15, 0.2) is 6.61 Å². The van der Waals surface area contributed by atoms with Crippen LogP contribution in [0, 0.1) is 11.3 Å². The van der Waals surface area contributed by atoms with Crippen molar-refractivity contribution in [1.82, 2.24) is 0 Å². The van der Waals surface area contributed by atoms with Gasteiger partial charge in [-0.25, -0.2) is 0 Å². The Bertz CT molecular complexity index is 850. The van der Waals surface area contributed by atoms with Crippen molar-refractivity contribution in [1.29, 1.82) is 5.26 Å². The van der Waals surface area contributed by atoms with Crippen molar-refractivity contribution in [3.63, 3.8) is 0 Å². The first-order valence-corrected chi connectivity index (χ1v) is 9.16. The summed E-state index contributed by atoms with van der Waals surface area (Å²) >= 11 is 1.49. The van der Waals surface area contributed by atoms with Gasteiger partial charge in [-0.15, -0.1) is 11.3 Å². The number of anilines is 1. The van der Waals surface area contributed by atoms with E-state index in [1.54, 1.807) is 7.11 Å². The maximum absolute atomic E-state index is 12.1. The number of nitrogens with zero attached hydrogens (tertiary/aromatic N) is 2. The minimum Gasteiger partial charge on any atom is -0.497 e. The molecule has 1 N–H and O–H groups in total. The van der Waals surface area contributed by atoms with Gasteiger partial charge in [-0.05, 0) is 61.1 Å². The van der Waals surface area contributed by atoms with Crippen molar-refractivity contribution in [2.45, 2.75) is 25.7 Å². The van der Waals surface area contributed by atoms with Crippen LogP contribution in [0.25, 0.3) is 0 Å². The Balaban J connectivity index is 1.53. The first-order chi connectivity index (χ1) is 12.7. The van der Waals surface area contributed by atoms with Gasteiger partial charge < -0.3 is 14.9 Å². The number of nitrogens with one attached hydrogen (secondary N) is 1. The minimum atomic E-state index is -0.327. The topological polar surface area (TPSA) is 83.7 Å². The number of amides is 1. The maximum atomic E-state index is 12.1. The van der Waals surface area contributed by atoms with Crippen molar-refractivity contribution in [2.24, 2.45) is 5.16 Å². The number of benzene rings is 1. The number of hydrogen-bond acceptors (Lipinski definition) is 6. The van der Waals surface area contributed by atoms with E-state index in [9.17, 15) is 10.1 Å². The van der Waals surface area contributed by atoms with E-state index >= 15 is 0 Å². The fourth-order valence-corrected chi connectivity index (χ4v) is 4.07. The Kier molecular flexibility index (Phi) is 5.87. The zero-order valence-electron chi connectivity index (χ0n) is 14.4. The van der Waals surface area contributed by atoms with Crippen LogP contribution in [-0.2, 0) is 22.5 Å². The molecular weight excluding hydrogens is 350 g/mol. The summed E-state index contributed by atoms with van der Waals surface area (Å²) in [6.07, 6.45) is 5.64. The zero-order chi connectivity index (χ0) is 18.4. The van der Waals surface area contributed by atoms with Gasteiger partial charge in [0.1, 0.15) is 16.8 Å². The number of nitriles is 1. The highest BCUT2D eigenvalue weighted by Crippen LogP contribution is 2.37. The number of ether oxygens (including phenoxy) is 1. The van der Waals surface area contributed by atoms with Crippen molar-refractivity contribution in [3.05, 3.63) is 45.8 Å². The van der Waals surface area contributed by atoms with Gasteiger partial charge in [-0.2, -0.15) is 5.26 Å². The fraction of sp³-hybridized carbons (Fsp3) is 0.316. The molecule has 1 aliphatic carbocycles. The number of fused-ring (bicyclic) bond motifs is 1. The smallest absolute Gasteiger partial charge is 0.265 e. The monoisotopic (exact) mass is 369 g/mol. The summed E-state index contributed by atoms with van der Waals surface area (Å²) in [5.74, 6) is 0.432. The molecule has 1 aromatic heterocycles. The molecule has 0 aliphatic heterocycles. The van der Waals surface area contributed by atoms with E-state index in [2.05, 4.69) is 16.5 Å². The molecule has 26 heavy (non-hydrogen) atoms. The second-order valence-electron chi connectivity index (χ2n) is 5.86. The van der Waals surface area contributed by atoms with Crippen LogP contribution < -0.4 is 10.1 Å². The molecule has 0 saturated carbocycles. The predicted octanol–water partition coefficient (Wildman–Crippen LogP) is 3.50. The van der Waals surface area contributed by atoms with E-state index in [-0.39, 0.29) is 12.5 Å². The summed E-state index contributed by atoms with van der Waals surface area (Å²) in [5, 5.41) is 16.6. The lowest BCUT2D eigenvalue weighted by atomic mass is 9.96. The van der Waals surface area contributed by atoms with Crippen molar-refractivity contribution in [3.8, 4) is 11.8 Å². The van der Waals surface area contributed by atoms with Gasteiger partial charge in [0.25, 0.3) is 5.91 Å². The molecule has 2 aromatic rings. The standard InChI is InChI=1S/C19H19N3O3S/c1-24-14-8-6-13(7-9-14)11-21-25-12-18(23)22-19-16(10-20)15-4-2-3-5-17(15)26-19/h6-9,11H,2-5,12H2,1H3,(H,22,23). The lowest BCUT2D eigenvalue weighted by Gasteiger charge is -2.09. The van der Waals surface area contributed by atoms with Crippen LogP contribution in [0.3, 0.4) is 0 Å². The van der Waals surface area contributed by atoms with Gasteiger partial charge in [0.2, 0.25) is 0 Å². The summed E-state index contributed by atoms with van der Waals surface area (Å²) in [7, 11) is 1.60. The largest absolute Gasteiger partial charge is 0.497 e.